The Morgan fingerprint density at radius 2 is 1.15 bits per heavy atom. The molecule has 6 rings (SSSR count). The Morgan fingerprint density at radius 1 is 0.674 bits per heavy atom. The van der Waals surface area contributed by atoms with Crippen LogP contribution < -0.4 is 14.2 Å². The van der Waals surface area contributed by atoms with Gasteiger partial charge in [0.25, 0.3) is 0 Å². The minimum atomic E-state index is -1.79. The fourth-order valence-electron chi connectivity index (χ4n) is 5.59. The van der Waals surface area contributed by atoms with E-state index in [1.165, 1.54) is 0 Å². The smallest absolute Gasteiger partial charge is 0.345 e. The first-order valence-electron chi connectivity index (χ1n) is 15.4. The van der Waals surface area contributed by atoms with Gasteiger partial charge in [0.2, 0.25) is 11.4 Å². The van der Waals surface area contributed by atoms with E-state index in [9.17, 15) is 9.90 Å². The van der Waals surface area contributed by atoms with E-state index in [1.807, 2.05) is 121 Å². The van der Waals surface area contributed by atoms with Gasteiger partial charge in [0.05, 0.1) is 6.61 Å². The Balaban J connectivity index is 1.47. The molecule has 0 fully saturated rings. The lowest BCUT2D eigenvalue weighted by Gasteiger charge is -2.30. The van der Waals surface area contributed by atoms with E-state index in [2.05, 4.69) is 6.92 Å². The average molecular weight is 613 g/mol. The van der Waals surface area contributed by atoms with Crippen molar-refractivity contribution in [3.63, 3.8) is 0 Å². The predicted molar refractivity (Wildman–Crippen MR) is 178 cm³/mol. The topological polar surface area (TPSA) is 74.2 Å². The number of carbonyl (C=O) groups is 1. The first kappa shape index (κ1) is 30.7. The highest BCUT2D eigenvalue weighted by Crippen LogP contribution is 2.49. The van der Waals surface area contributed by atoms with Crippen molar-refractivity contribution in [1.82, 2.24) is 0 Å². The lowest BCUT2D eigenvalue weighted by atomic mass is 9.82. The molecular formula is C40H36O6. The van der Waals surface area contributed by atoms with E-state index >= 15 is 0 Å². The quantitative estimate of drug-likeness (QED) is 0.144. The SMILES string of the molecule is CCc1ccc(C2=CCOC2(C(=O)O)c2cc(OCc3ccccc3)c(OCc3ccccc3)c(OCc3ccccc3)c2)cc1. The van der Waals surface area contributed by atoms with E-state index in [0.29, 0.717) is 28.4 Å². The van der Waals surface area contributed by atoms with Crippen LogP contribution in [-0.4, -0.2) is 17.7 Å². The van der Waals surface area contributed by atoms with Crippen LogP contribution in [0.15, 0.2) is 133 Å². The highest BCUT2D eigenvalue weighted by atomic mass is 16.5. The van der Waals surface area contributed by atoms with Gasteiger partial charge in [0.15, 0.2) is 11.5 Å². The summed E-state index contributed by atoms with van der Waals surface area (Å²) in [6, 6.07) is 40.8. The van der Waals surface area contributed by atoms with E-state index in [0.717, 1.165) is 34.2 Å². The summed E-state index contributed by atoms with van der Waals surface area (Å²) in [6.45, 7) is 2.98. The number of benzene rings is 5. The summed E-state index contributed by atoms with van der Waals surface area (Å²) in [5, 5.41) is 10.9. The van der Waals surface area contributed by atoms with E-state index in [4.69, 9.17) is 18.9 Å². The summed E-state index contributed by atoms with van der Waals surface area (Å²) >= 11 is 0. The van der Waals surface area contributed by atoms with Crippen LogP contribution in [-0.2, 0) is 41.4 Å². The maximum atomic E-state index is 13.3. The number of hydrogen-bond donors (Lipinski definition) is 1. The first-order chi connectivity index (χ1) is 22.6. The molecule has 1 atom stereocenters. The second kappa shape index (κ2) is 14.2. The lowest BCUT2D eigenvalue weighted by Crippen LogP contribution is -2.37. The van der Waals surface area contributed by atoms with Gasteiger partial charge >= 0.3 is 5.97 Å². The third-order valence-corrected chi connectivity index (χ3v) is 8.07. The van der Waals surface area contributed by atoms with Crippen molar-refractivity contribution in [3.05, 3.63) is 167 Å². The zero-order chi connectivity index (χ0) is 31.8. The van der Waals surface area contributed by atoms with Gasteiger partial charge in [0, 0.05) is 11.1 Å². The summed E-state index contributed by atoms with van der Waals surface area (Å²) in [7, 11) is 0. The molecule has 0 radical (unpaired) electrons. The third-order valence-electron chi connectivity index (χ3n) is 8.07. The molecular weight excluding hydrogens is 576 g/mol. The third kappa shape index (κ3) is 6.67. The van der Waals surface area contributed by atoms with Gasteiger partial charge in [0.1, 0.15) is 19.8 Å². The Labute approximate surface area is 269 Å². The number of aliphatic carboxylic acids is 1. The van der Waals surface area contributed by atoms with Crippen LogP contribution in [0, 0.1) is 0 Å². The molecule has 232 valence electrons. The molecule has 0 spiro atoms. The zero-order valence-electron chi connectivity index (χ0n) is 25.7. The summed E-state index contributed by atoms with van der Waals surface area (Å²) in [5.74, 6) is -0.0260. The molecule has 6 nitrogen and oxygen atoms in total. The van der Waals surface area contributed by atoms with E-state index < -0.39 is 11.6 Å². The molecule has 0 aliphatic carbocycles. The summed E-state index contributed by atoms with van der Waals surface area (Å²) in [5.41, 5.74) is 3.96. The number of hydrogen-bond acceptors (Lipinski definition) is 5. The molecule has 5 aromatic carbocycles. The minimum Gasteiger partial charge on any atom is -0.485 e. The van der Waals surface area contributed by atoms with Crippen LogP contribution in [0.3, 0.4) is 0 Å². The van der Waals surface area contributed by atoms with Crippen LogP contribution in [0.25, 0.3) is 5.57 Å². The predicted octanol–water partition coefficient (Wildman–Crippen LogP) is 8.38. The minimum absolute atomic E-state index is 0.143. The van der Waals surface area contributed by atoms with Crippen molar-refractivity contribution in [2.24, 2.45) is 0 Å². The van der Waals surface area contributed by atoms with Crippen molar-refractivity contribution in [1.29, 1.82) is 0 Å². The summed E-state index contributed by atoms with van der Waals surface area (Å²) in [4.78, 5) is 13.3. The van der Waals surface area contributed by atoms with Crippen molar-refractivity contribution < 1.29 is 28.8 Å². The molecule has 0 saturated heterocycles. The highest BCUT2D eigenvalue weighted by molar-refractivity contribution is 5.98. The standard InChI is InChI=1S/C40H36O6/c1-2-29-18-20-33(21-19-29)35-22-23-46-40(35,39(41)42)34-24-36(43-26-30-12-6-3-7-13-30)38(45-28-32-16-10-5-11-17-32)37(25-34)44-27-31-14-8-4-9-15-31/h3-22,24-25H,2,23,26-28H2,1H3,(H,41,42). The number of rotatable bonds is 13. The van der Waals surface area contributed by atoms with Gasteiger partial charge in [-0.3, -0.25) is 0 Å². The molecule has 1 aliphatic rings. The van der Waals surface area contributed by atoms with E-state index in [1.54, 1.807) is 12.1 Å². The molecule has 46 heavy (non-hydrogen) atoms. The maximum Gasteiger partial charge on any atom is 0.345 e. The first-order valence-corrected chi connectivity index (χ1v) is 15.4. The van der Waals surface area contributed by atoms with Gasteiger partial charge in [-0.25, -0.2) is 4.79 Å². The van der Waals surface area contributed by atoms with Crippen molar-refractivity contribution in [2.45, 2.75) is 38.8 Å². The molecule has 0 aromatic heterocycles. The Bertz CT molecular complexity index is 1720. The second-order valence-electron chi connectivity index (χ2n) is 11.1. The molecule has 1 heterocycles. The Morgan fingerprint density at radius 3 is 1.61 bits per heavy atom. The van der Waals surface area contributed by atoms with Crippen LogP contribution in [0.4, 0.5) is 0 Å². The van der Waals surface area contributed by atoms with Crippen LogP contribution in [0.1, 0.15) is 40.3 Å². The number of carboxylic acids is 1. The van der Waals surface area contributed by atoms with Crippen molar-refractivity contribution in [2.75, 3.05) is 6.61 Å². The Hall–Kier alpha value is -5.33. The summed E-state index contributed by atoms with van der Waals surface area (Å²) < 4.78 is 25.5. The van der Waals surface area contributed by atoms with Crippen molar-refractivity contribution in [3.8, 4) is 17.2 Å². The van der Waals surface area contributed by atoms with Crippen LogP contribution in [0.5, 0.6) is 17.2 Å². The fraction of sp³-hybridized carbons (Fsp3) is 0.175. The van der Waals surface area contributed by atoms with Crippen LogP contribution in [0.2, 0.25) is 0 Å². The molecule has 5 aromatic rings. The number of carboxylic acid groups (broad SMARTS) is 1. The van der Waals surface area contributed by atoms with Gasteiger partial charge in [-0.2, -0.15) is 0 Å². The number of ether oxygens (including phenoxy) is 4. The second-order valence-corrected chi connectivity index (χ2v) is 11.1. The number of aryl methyl sites for hydroxylation is 1. The lowest BCUT2D eigenvalue weighted by molar-refractivity contribution is -0.156. The van der Waals surface area contributed by atoms with Crippen molar-refractivity contribution >= 4 is 11.5 Å². The molecule has 0 amide bonds. The highest BCUT2D eigenvalue weighted by Gasteiger charge is 2.49. The summed E-state index contributed by atoms with van der Waals surface area (Å²) in [6.07, 6.45) is 2.72. The monoisotopic (exact) mass is 612 g/mol. The zero-order valence-corrected chi connectivity index (χ0v) is 25.7. The van der Waals surface area contributed by atoms with Gasteiger partial charge in [-0.05, 0) is 46.4 Å². The van der Waals surface area contributed by atoms with Crippen LogP contribution >= 0.6 is 0 Å². The van der Waals surface area contributed by atoms with Gasteiger partial charge in [-0.1, -0.05) is 128 Å². The normalized spacial score (nSPS) is 15.6. The largest absolute Gasteiger partial charge is 0.485 e. The van der Waals surface area contributed by atoms with Gasteiger partial charge < -0.3 is 24.1 Å². The molecule has 1 unspecified atom stereocenters. The maximum absolute atomic E-state index is 13.3. The van der Waals surface area contributed by atoms with E-state index in [-0.39, 0.29) is 26.4 Å². The van der Waals surface area contributed by atoms with Gasteiger partial charge in [-0.15, -0.1) is 0 Å². The Kier molecular flexibility index (Phi) is 9.46. The molecule has 6 heteroatoms. The molecule has 0 saturated carbocycles. The molecule has 1 N–H and O–H groups in total. The average Bonchev–Trinajstić information content (AvgIpc) is 3.57. The fourth-order valence-corrected chi connectivity index (χ4v) is 5.59. The molecule has 0 bridgehead atoms. The molecule has 1 aliphatic heterocycles.